The summed E-state index contributed by atoms with van der Waals surface area (Å²) in [5, 5.41) is 0. The topological polar surface area (TPSA) is 97.6 Å². The van der Waals surface area contributed by atoms with Crippen LogP contribution in [0, 0.1) is 0 Å². The van der Waals surface area contributed by atoms with Crippen molar-refractivity contribution in [1.82, 2.24) is 9.88 Å². The summed E-state index contributed by atoms with van der Waals surface area (Å²) in [6.45, 7) is 8.40. The summed E-state index contributed by atoms with van der Waals surface area (Å²) >= 11 is 0. The predicted molar refractivity (Wildman–Crippen MR) is 95.1 cm³/mol. The molecule has 6 heteroatoms. The van der Waals surface area contributed by atoms with Crippen molar-refractivity contribution >= 4 is 11.5 Å². The second kappa shape index (κ2) is 11.0. The van der Waals surface area contributed by atoms with Crippen molar-refractivity contribution in [2.24, 2.45) is 16.5 Å². The molecule has 0 aliphatic rings. The fraction of sp³-hybridized carbons (Fsp3) is 0.588. The van der Waals surface area contributed by atoms with E-state index in [0.717, 1.165) is 50.4 Å². The number of carbonyl (C=O) groups is 1. The van der Waals surface area contributed by atoms with Gasteiger partial charge in [0.05, 0.1) is 11.4 Å². The van der Waals surface area contributed by atoms with Crippen molar-refractivity contribution in [2.75, 3.05) is 39.3 Å². The van der Waals surface area contributed by atoms with Crippen LogP contribution in [0.5, 0.6) is 0 Å². The number of nitrogens with zero attached hydrogens (tertiary/aromatic N) is 3. The third-order valence-corrected chi connectivity index (χ3v) is 3.59. The van der Waals surface area contributed by atoms with Crippen LogP contribution >= 0.6 is 0 Å². The Bertz CT molecular complexity index is 515. The molecule has 1 heterocycles. The average molecular weight is 319 g/mol. The summed E-state index contributed by atoms with van der Waals surface area (Å²) < 4.78 is 0. The van der Waals surface area contributed by atoms with E-state index in [1.807, 2.05) is 19.1 Å². The van der Waals surface area contributed by atoms with Crippen molar-refractivity contribution in [3.63, 3.8) is 0 Å². The van der Waals surface area contributed by atoms with Crippen LogP contribution in [0.25, 0.3) is 0 Å². The minimum absolute atomic E-state index is 0.0306. The van der Waals surface area contributed by atoms with Gasteiger partial charge in [-0.05, 0) is 51.5 Å². The zero-order valence-electron chi connectivity index (χ0n) is 14.3. The number of nitrogens with two attached hydrogens (primary N) is 2. The monoisotopic (exact) mass is 319 g/mol. The molecule has 1 aromatic rings. The first kappa shape index (κ1) is 19.4. The molecule has 0 fully saturated rings. The zero-order chi connectivity index (χ0) is 17.1. The number of rotatable bonds is 11. The van der Waals surface area contributed by atoms with E-state index in [9.17, 15) is 4.79 Å². The molecule has 0 amide bonds. The van der Waals surface area contributed by atoms with E-state index in [1.54, 1.807) is 6.07 Å². The molecule has 23 heavy (non-hydrogen) atoms. The molecule has 1 rings (SSSR count). The molecule has 0 radical (unpaired) electrons. The third kappa shape index (κ3) is 7.45. The van der Waals surface area contributed by atoms with Gasteiger partial charge in [-0.1, -0.05) is 6.07 Å². The molecule has 0 unspecified atom stereocenters. The van der Waals surface area contributed by atoms with Gasteiger partial charge < -0.3 is 16.4 Å². The van der Waals surface area contributed by atoms with Crippen LogP contribution in [0.3, 0.4) is 0 Å². The SMILES string of the molecule is CC(=O)c1cccc(C(C)=NCCCN(CCN)CCCN)n1. The fourth-order valence-electron chi connectivity index (χ4n) is 2.29. The lowest BCUT2D eigenvalue weighted by Crippen LogP contribution is -2.32. The quantitative estimate of drug-likeness (QED) is 0.361. The Morgan fingerprint density at radius 1 is 1.09 bits per heavy atom. The molecular weight excluding hydrogens is 290 g/mol. The van der Waals surface area contributed by atoms with Crippen LogP contribution in [0.2, 0.25) is 0 Å². The lowest BCUT2D eigenvalue weighted by molar-refractivity contribution is 0.101. The van der Waals surface area contributed by atoms with Crippen molar-refractivity contribution < 1.29 is 4.79 Å². The van der Waals surface area contributed by atoms with Gasteiger partial charge in [0.15, 0.2) is 5.78 Å². The molecule has 6 nitrogen and oxygen atoms in total. The number of Topliss-reactive ketones (excluding diaryl/α,β-unsaturated/α-hetero) is 1. The number of hydrogen-bond acceptors (Lipinski definition) is 6. The number of pyridine rings is 1. The molecule has 0 bridgehead atoms. The van der Waals surface area contributed by atoms with E-state index >= 15 is 0 Å². The fourth-order valence-corrected chi connectivity index (χ4v) is 2.29. The maximum atomic E-state index is 11.4. The van der Waals surface area contributed by atoms with Crippen LogP contribution in [-0.4, -0.2) is 60.6 Å². The second-order valence-corrected chi connectivity index (χ2v) is 5.56. The largest absolute Gasteiger partial charge is 0.330 e. The predicted octanol–water partition coefficient (Wildman–Crippen LogP) is 1.09. The summed E-state index contributed by atoms with van der Waals surface area (Å²) in [5.74, 6) is -0.0306. The van der Waals surface area contributed by atoms with E-state index in [-0.39, 0.29) is 5.78 Å². The number of aromatic nitrogens is 1. The van der Waals surface area contributed by atoms with Crippen LogP contribution in [0.15, 0.2) is 23.2 Å². The van der Waals surface area contributed by atoms with E-state index in [0.29, 0.717) is 18.8 Å². The van der Waals surface area contributed by atoms with Gasteiger partial charge in [-0.15, -0.1) is 0 Å². The summed E-state index contributed by atoms with van der Waals surface area (Å²) in [6.07, 6.45) is 1.96. The van der Waals surface area contributed by atoms with Gasteiger partial charge in [0.1, 0.15) is 5.69 Å². The number of hydrogen-bond donors (Lipinski definition) is 2. The van der Waals surface area contributed by atoms with E-state index < -0.39 is 0 Å². The molecule has 0 spiro atoms. The molecule has 128 valence electrons. The molecule has 0 aliphatic heterocycles. The number of aliphatic imine (C=N–C) groups is 1. The normalized spacial score (nSPS) is 12.0. The standard InChI is InChI=1S/C17H29N5O/c1-14(16-6-3-7-17(21-16)15(2)23)20-10-5-12-22(13-9-19)11-4-8-18/h3,6-7H,4-5,8-13,18-19H2,1-2H3. The lowest BCUT2D eigenvalue weighted by Gasteiger charge is -2.20. The molecule has 0 aliphatic carbocycles. The Morgan fingerprint density at radius 2 is 1.78 bits per heavy atom. The summed E-state index contributed by atoms with van der Waals surface area (Å²) in [6, 6.07) is 5.45. The highest BCUT2D eigenvalue weighted by molar-refractivity contribution is 5.99. The van der Waals surface area contributed by atoms with Gasteiger partial charge in [-0.2, -0.15) is 0 Å². The van der Waals surface area contributed by atoms with E-state index in [4.69, 9.17) is 11.5 Å². The molecule has 1 aromatic heterocycles. The second-order valence-electron chi connectivity index (χ2n) is 5.56. The maximum Gasteiger partial charge on any atom is 0.178 e. The third-order valence-electron chi connectivity index (χ3n) is 3.59. The molecule has 4 N–H and O–H groups in total. The van der Waals surface area contributed by atoms with Crippen LogP contribution in [-0.2, 0) is 0 Å². The number of ketones is 1. The first-order chi connectivity index (χ1) is 11.1. The van der Waals surface area contributed by atoms with Gasteiger partial charge >= 0.3 is 0 Å². The van der Waals surface area contributed by atoms with Gasteiger partial charge in [0, 0.05) is 26.6 Å². The van der Waals surface area contributed by atoms with Gasteiger partial charge in [-0.3, -0.25) is 9.79 Å². The molecular formula is C17H29N5O. The summed E-state index contributed by atoms with van der Waals surface area (Å²) in [5.41, 5.74) is 13.3. The smallest absolute Gasteiger partial charge is 0.178 e. The highest BCUT2D eigenvalue weighted by atomic mass is 16.1. The van der Waals surface area contributed by atoms with Gasteiger partial charge in [0.25, 0.3) is 0 Å². The van der Waals surface area contributed by atoms with Crippen LogP contribution in [0.4, 0.5) is 0 Å². The highest BCUT2D eigenvalue weighted by Gasteiger charge is 2.05. The molecule has 0 saturated heterocycles. The minimum Gasteiger partial charge on any atom is -0.330 e. The molecule has 0 saturated carbocycles. The van der Waals surface area contributed by atoms with Gasteiger partial charge in [-0.25, -0.2) is 4.98 Å². The molecule has 0 atom stereocenters. The van der Waals surface area contributed by atoms with E-state index in [1.165, 1.54) is 6.92 Å². The summed E-state index contributed by atoms with van der Waals surface area (Å²) in [7, 11) is 0. The molecule has 0 aromatic carbocycles. The van der Waals surface area contributed by atoms with Gasteiger partial charge in [0.2, 0.25) is 0 Å². The zero-order valence-corrected chi connectivity index (χ0v) is 14.3. The van der Waals surface area contributed by atoms with Crippen molar-refractivity contribution in [2.45, 2.75) is 26.7 Å². The van der Waals surface area contributed by atoms with Crippen molar-refractivity contribution in [3.05, 3.63) is 29.6 Å². The van der Waals surface area contributed by atoms with E-state index in [2.05, 4.69) is 14.9 Å². The van der Waals surface area contributed by atoms with Crippen molar-refractivity contribution in [3.8, 4) is 0 Å². The Hall–Kier alpha value is -1.63. The highest BCUT2D eigenvalue weighted by Crippen LogP contribution is 2.03. The first-order valence-corrected chi connectivity index (χ1v) is 8.20. The Kier molecular flexibility index (Phi) is 9.28. The first-order valence-electron chi connectivity index (χ1n) is 8.20. The van der Waals surface area contributed by atoms with Crippen LogP contribution in [0.1, 0.15) is 42.9 Å². The lowest BCUT2D eigenvalue weighted by atomic mass is 10.2. The van der Waals surface area contributed by atoms with Crippen molar-refractivity contribution in [1.29, 1.82) is 0 Å². The average Bonchev–Trinajstić information content (AvgIpc) is 2.56. The number of carbonyl (C=O) groups excluding carboxylic acids is 1. The minimum atomic E-state index is -0.0306. The Balaban J connectivity index is 2.49. The Labute approximate surface area is 139 Å². The maximum absolute atomic E-state index is 11.4. The van der Waals surface area contributed by atoms with Crippen LogP contribution < -0.4 is 11.5 Å². The Morgan fingerprint density at radius 3 is 2.43 bits per heavy atom. The summed E-state index contributed by atoms with van der Waals surface area (Å²) in [4.78, 5) is 22.6.